The lowest BCUT2D eigenvalue weighted by Gasteiger charge is -2.06. The summed E-state index contributed by atoms with van der Waals surface area (Å²) in [6, 6.07) is 10.8. The molecule has 142 valence electrons. The summed E-state index contributed by atoms with van der Waals surface area (Å²) in [5, 5.41) is 7.11. The number of rotatable bonds is 6. The van der Waals surface area contributed by atoms with Crippen LogP contribution in [0, 0.1) is 0 Å². The Bertz CT molecular complexity index is 1190. The fourth-order valence-corrected chi connectivity index (χ4v) is 2.93. The summed E-state index contributed by atoms with van der Waals surface area (Å²) in [6.07, 6.45) is 3.30. The molecule has 0 bridgehead atoms. The van der Waals surface area contributed by atoms with E-state index in [-0.39, 0.29) is 30.4 Å². The predicted octanol–water partition coefficient (Wildman–Crippen LogP) is 1.58. The topological polar surface area (TPSA) is 108 Å². The molecule has 9 heteroatoms. The van der Waals surface area contributed by atoms with Gasteiger partial charge in [-0.2, -0.15) is 4.98 Å². The Morgan fingerprint density at radius 3 is 2.89 bits per heavy atom. The highest BCUT2D eigenvalue weighted by Gasteiger charge is 2.13. The van der Waals surface area contributed by atoms with Crippen LogP contribution in [-0.4, -0.2) is 30.2 Å². The number of carbonyl (C=O) groups is 1. The molecular weight excluding hydrogens is 360 g/mol. The SMILES string of the molecule is CCn1cccc1-c1noc(CNC(=O)Cn2cnc3ccccc3c2=O)n1. The van der Waals surface area contributed by atoms with E-state index in [0.717, 1.165) is 12.2 Å². The Morgan fingerprint density at radius 2 is 2.04 bits per heavy atom. The summed E-state index contributed by atoms with van der Waals surface area (Å²) in [7, 11) is 0. The number of hydrogen-bond acceptors (Lipinski definition) is 6. The molecule has 0 spiro atoms. The van der Waals surface area contributed by atoms with Crippen molar-refractivity contribution >= 4 is 16.8 Å². The molecule has 0 saturated carbocycles. The van der Waals surface area contributed by atoms with E-state index in [2.05, 4.69) is 20.4 Å². The zero-order chi connectivity index (χ0) is 19.5. The van der Waals surface area contributed by atoms with Crippen molar-refractivity contribution in [3.8, 4) is 11.5 Å². The highest BCUT2D eigenvalue weighted by molar-refractivity contribution is 5.78. The fourth-order valence-electron chi connectivity index (χ4n) is 2.93. The Labute approximate surface area is 159 Å². The highest BCUT2D eigenvalue weighted by Crippen LogP contribution is 2.16. The van der Waals surface area contributed by atoms with Gasteiger partial charge in [0.15, 0.2) is 0 Å². The first-order chi connectivity index (χ1) is 13.7. The van der Waals surface area contributed by atoms with Gasteiger partial charge in [-0.1, -0.05) is 17.3 Å². The van der Waals surface area contributed by atoms with Gasteiger partial charge in [0.25, 0.3) is 5.56 Å². The Kier molecular flexibility index (Phi) is 4.71. The van der Waals surface area contributed by atoms with Gasteiger partial charge in [-0.25, -0.2) is 4.98 Å². The summed E-state index contributed by atoms with van der Waals surface area (Å²) >= 11 is 0. The third kappa shape index (κ3) is 3.41. The number of fused-ring (bicyclic) bond motifs is 1. The minimum absolute atomic E-state index is 0.0778. The summed E-state index contributed by atoms with van der Waals surface area (Å²) in [4.78, 5) is 33.2. The van der Waals surface area contributed by atoms with Gasteiger partial charge in [-0.05, 0) is 31.2 Å². The molecule has 1 amide bonds. The van der Waals surface area contributed by atoms with Gasteiger partial charge < -0.3 is 14.4 Å². The maximum absolute atomic E-state index is 12.4. The van der Waals surface area contributed by atoms with E-state index < -0.39 is 0 Å². The van der Waals surface area contributed by atoms with E-state index in [0.29, 0.717) is 16.7 Å². The molecule has 0 aliphatic rings. The van der Waals surface area contributed by atoms with Crippen molar-refractivity contribution in [3.05, 3.63) is 65.2 Å². The summed E-state index contributed by atoms with van der Waals surface area (Å²) in [5.41, 5.74) is 1.18. The summed E-state index contributed by atoms with van der Waals surface area (Å²) in [5.74, 6) is 0.401. The van der Waals surface area contributed by atoms with Crippen molar-refractivity contribution in [1.29, 1.82) is 0 Å². The van der Waals surface area contributed by atoms with Crippen LogP contribution < -0.4 is 10.9 Å². The van der Waals surface area contributed by atoms with Crippen LogP contribution in [0.4, 0.5) is 0 Å². The van der Waals surface area contributed by atoms with Crippen LogP contribution >= 0.6 is 0 Å². The number of nitrogens with zero attached hydrogens (tertiary/aromatic N) is 5. The minimum atomic E-state index is -0.351. The molecule has 0 radical (unpaired) electrons. The van der Waals surface area contributed by atoms with Crippen molar-refractivity contribution in [2.24, 2.45) is 0 Å². The molecule has 0 aliphatic heterocycles. The van der Waals surface area contributed by atoms with Crippen molar-refractivity contribution in [2.45, 2.75) is 26.6 Å². The third-order valence-electron chi connectivity index (χ3n) is 4.35. The normalized spacial score (nSPS) is 11.0. The van der Waals surface area contributed by atoms with Crippen LogP contribution in [0.2, 0.25) is 0 Å². The lowest BCUT2D eigenvalue weighted by atomic mass is 10.2. The average Bonchev–Trinajstić information content (AvgIpc) is 3.37. The Balaban J connectivity index is 1.42. The first-order valence-electron chi connectivity index (χ1n) is 8.84. The van der Waals surface area contributed by atoms with E-state index in [4.69, 9.17) is 4.52 Å². The van der Waals surface area contributed by atoms with Gasteiger partial charge in [-0.3, -0.25) is 14.2 Å². The van der Waals surface area contributed by atoms with Gasteiger partial charge in [0.2, 0.25) is 17.6 Å². The molecule has 0 saturated heterocycles. The molecule has 9 nitrogen and oxygen atoms in total. The zero-order valence-corrected chi connectivity index (χ0v) is 15.2. The van der Waals surface area contributed by atoms with E-state index in [9.17, 15) is 9.59 Å². The number of carbonyl (C=O) groups excluding carboxylic acids is 1. The van der Waals surface area contributed by atoms with Gasteiger partial charge >= 0.3 is 0 Å². The van der Waals surface area contributed by atoms with Crippen LogP contribution in [0.5, 0.6) is 0 Å². The molecule has 0 atom stereocenters. The highest BCUT2D eigenvalue weighted by atomic mass is 16.5. The van der Waals surface area contributed by atoms with Crippen LogP contribution in [0.3, 0.4) is 0 Å². The van der Waals surface area contributed by atoms with Crippen LogP contribution in [-0.2, 0) is 24.4 Å². The molecular formula is C19H18N6O3. The molecule has 4 rings (SSSR count). The van der Waals surface area contributed by atoms with E-state index in [1.807, 2.05) is 35.9 Å². The van der Waals surface area contributed by atoms with Crippen LogP contribution in [0.15, 0.2) is 58.2 Å². The molecule has 28 heavy (non-hydrogen) atoms. The van der Waals surface area contributed by atoms with Gasteiger partial charge in [0.05, 0.1) is 29.5 Å². The second kappa shape index (κ2) is 7.47. The Hall–Kier alpha value is -3.75. The predicted molar refractivity (Wildman–Crippen MR) is 101 cm³/mol. The number of aromatic nitrogens is 5. The van der Waals surface area contributed by atoms with Gasteiger partial charge in [0, 0.05) is 12.7 Å². The van der Waals surface area contributed by atoms with Crippen molar-refractivity contribution in [1.82, 2.24) is 29.6 Å². The second-order valence-electron chi connectivity index (χ2n) is 6.16. The maximum atomic E-state index is 12.4. The number of benzene rings is 1. The van der Waals surface area contributed by atoms with Crippen LogP contribution in [0.1, 0.15) is 12.8 Å². The molecule has 3 heterocycles. The molecule has 0 aliphatic carbocycles. The van der Waals surface area contributed by atoms with Crippen LogP contribution in [0.25, 0.3) is 22.4 Å². The van der Waals surface area contributed by atoms with E-state index >= 15 is 0 Å². The molecule has 0 fully saturated rings. The number of nitrogens with one attached hydrogen (secondary N) is 1. The minimum Gasteiger partial charge on any atom is -0.345 e. The second-order valence-corrected chi connectivity index (χ2v) is 6.16. The van der Waals surface area contributed by atoms with Crippen molar-refractivity contribution in [2.75, 3.05) is 0 Å². The quantitative estimate of drug-likeness (QED) is 0.546. The average molecular weight is 378 g/mol. The lowest BCUT2D eigenvalue weighted by molar-refractivity contribution is -0.122. The number of aryl methyl sites for hydroxylation is 1. The smallest absolute Gasteiger partial charge is 0.261 e. The monoisotopic (exact) mass is 378 g/mol. The summed E-state index contributed by atoms with van der Waals surface area (Å²) in [6.45, 7) is 2.75. The number of hydrogen-bond donors (Lipinski definition) is 1. The van der Waals surface area contributed by atoms with E-state index in [1.54, 1.807) is 18.2 Å². The zero-order valence-electron chi connectivity index (χ0n) is 15.2. The van der Waals surface area contributed by atoms with Crippen molar-refractivity contribution < 1.29 is 9.32 Å². The van der Waals surface area contributed by atoms with Gasteiger partial charge in [-0.15, -0.1) is 0 Å². The number of amides is 1. The summed E-state index contributed by atoms with van der Waals surface area (Å²) < 4.78 is 8.46. The largest absolute Gasteiger partial charge is 0.345 e. The van der Waals surface area contributed by atoms with Gasteiger partial charge in [0.1, 0.15) is 6.54 Å². The molecule has 3 aromatic heterocycles. The van der Waals surface area contributed by atoms with Crippen molar-refractivity contribution in [3.63, 3.8) is 0 Å². The fraction of sp³-hybridized carbons (Fsp3) is 0.211. The first kappa shape index (κ1) is 17.7. The maximum Gasteiger partial charge on any atom is 0.261 e. The lowest BCUT2D eigenvalue weighted by Crippen LogP contribution is -2.32. The van der Waals surface area contributed by atoms with E-state index in [1.165, 1.54) is 10.9 Å². The number of para-hydroxylation sites is 1. The first-order valence-corrected chi connectivity index (χ1v) is 8.84. The molecule has 1 N–H and O–H groups in total. The molecule has 1 aromatic carbocycles. The Morgan fingerprint density at radius 1 is 1.18 bits per heavy atom. The standard InChI is InChI=1S/C19H18N6O3/c1-2-24-9-5-8-15(24)18-22-17(28-23-18)10-20-16(26)11-25-12-21-14-7-4-3-6-13(14)19(25)27/h3-9,12H,2,10-11H2,1H3,(H,20,26). The molecule has 4 aromatic rings. The third-order valence-corrected chi connectivity index (χ3v) is 4.35. The molecule has 0 unspecified atom stereocenters.